The summed E-state index contributed by atoms with van der Waals surface area (Å²) in [6.07, 6.45) is 0. The molecule has 0 N–H and O–H groups in total. The molecule has 0 atom stereocenters. The molecular weight excluding hydrogens is 356 g/mol. The van der Waals surface area contributed by atoms with Crippen molar-refractivity contribution in [2.24, 2.45) is 0 Å². The highest BCUT2D eigenvalue weighted by molar-refractivity contribution is 7.17. The molecule has 0 saturated heterocycles. The van der Waals surface area contributed by atoms with Gasteiger partial charge in [0.25, 0.3) is 0 Å². The molecule has 6 heteroatoms. The van der Waals surface area contributed by atoms with Crippen LogP contribution >= 0.6 is 22.7 Å². The van der Waals surface area contributed by atoms with Gasteiger partial charge < -0.3 is 9.47 Å². The van der Waals surface area contributed by atoms with Gasteiger partial charge in [0.05, 0.1) is 4.88 Å². The molecule has 126 valence electrons. The zero-order valence-electron chi connectivity index (χ0n) is 13.4. The largest absolute Gasteiger partial charge is 0.488 e. The SMILES string of the molecule is Cc1ccc(C(=O)COC(=O)c2cc3c(s2)-c2ccccc2OC3)s1. The van der Waals surface area contributed by atoms with Crippen LogP contribution in [-0.2, 0) is 11.3 Å². The Morgan fingerprint density at radius 3 is 2.76 bits per heavy atom. The lowest BCUT2D eigenvalue weighted by Crippen LogP contribution is -2.12. The van der Waals surface area contributed by atoms with E-state index in [4.69, 9.17) is 9.47 Å². The summed E-state index contributed by atoms with van der Waals surface area (Å²) in [7, 11) is 0. The molecule has 25 heavy (non-hydrogen) atoms. The summed E-state index contributed by atoms with van der Waals surface area (Å²) in [6.45, 7) is 2.13. The third-order valence-corrected chi connectivity index (χ3v) is 6.11. The van der Waals surface area contributed by atoms with Crippen molar-refractivity contribution in [3.8, 4) is 16.2 Å². The topological polar surface area (TPSA) is 52.6 Å². The lowest BCUT2D eigenvalue weighted by molar-refractivity contribution is 0.0480. The second-order valence-electron chi connectivity index (χ2n) is 5.66. The van der Waals surface area contributed by atoms with E-state index in [1.807, 2.05) is 37.3 Å². The van der Waals surface area contributed by atoms with Crippen LogP contribution in [0.1, 0.15) is 29.8 Å². The highest BCUT2D eigenvalue weighted by Crippen LogP contribution is 2.42. The van der Waals surface area contributed by atoms with Crippen LogP contribution in [0.3, 0.4) is 0 Å². The van der Waals surface area contributed by atoms with Crippen molar-refractivity contribution in [1.82, 2.24) is 0 Å². The number of ketones is 1. The summed E-state index contributed by atoms with van der Waals surface area (Å²) in [5.41, 5.74) is 1.95. The van der Waals surface area contributed by atoms with E-state index in [0.29, 0.717) is 16.4 Å². The Hall–Kier alpha value is -2.44. The molecule has 0 aliphatic carbocycles. The Labute approximate surface area is 152 Å². The molecule has 2 aromatic heterocycles. The number of benzene rings is 1. The predicted molar refractivity (Wildman–Crippen MR) is 97.8 cm³/mol. The zero-order chi connectivity index (χ0) is 17.4. The lowest BCUT2D eigenvalue weighted by atomic mass is 10.1. The maximum atomic E-state index is 12.3. The molecular formula is C19H14O4S2. The summed E-state index contributed by atoms with van der Waals surface area (Å²) < 4.78 is 10.9. The summed E-state index contributed by atoms with van der Waals surface area (Å²) in [6, 6.07) is 13.2. The van der Waals surface area contributed by atoms with E-state index in [0.717, 1.165) is 26.6 Å². The van der Waals surface area contributed by atoms with E-state index in [2.05, 4.69) is 0 Å². The average molecular weight is 370 g/mol. The summed E-state index contributed by atoms with van der Waals surface area (Å²) in [5, 5.41) is 0. The quantitative estimate of drug-likeness (QED) is 0.493. The van der Waals surface area contributed by atoms with Gasteiger partial charge in [0.2, 0.25) is 5.78 Å². The number of esters is 1. The first-order valence-corrected chi connectivity index (χ1v) is 9.37. The van der Waals surface area contributed by atoms with Crippen molar-refractivity contribution in [2.45, 2.75) is 13.5 Å². The molecule has 0 radical (unpaired) electrons. The zero-order valence-corrected chi connectivity index (χ0v) is 15.0. The van der Waals surface area contributed by atoms with Gasteiger partial charge >= 0.3 is 5.97 Å². The van der Waals surface area contributed by atoms with Gasteiger partial charge in [-0.2, -0.15) is 0 Å². The maximum Gasteiger partial charge on any atom is 0.348 e. The smallest absolute Gasteiger partial charge is 0.348 e. The third-order valence-electron chi connectivity index (χ3n) is 3.87. The molecule has 0 amide bonds. The van der Waals surface area contributed by atoms with E-state index in [9.17, 15) is 9.59 Å². The molecule has 3 aromatic rings. The molecule has 0 bridgehead atoms. The second-order valence-corrected chi connectivity index (χ2v) is 8.00. The van der Waals surface area contributed by atoms with Gasteiger partial charge in [-0.15, -0.1) is 22.7 Å². The third kappa shape index (κ3) is 3.10. The highest BCUT2D eigenvalue weighted by Gasteiger charge is 2.23. The number of fused-ring (bicyclic) bond motifs is 3. The fourth-order valence-corrected chi connectivity index (χ4v) is 4.54. The van der Waals surface area contributed by atoms with Crippen molar-refractivity contribution >= 4 is 34.4 Å². The number of hydrogen-bond donors (Lipinski definition) is 0. The molecule has 0 spiro atoms. The Morgan fingerprint density at radius 1 is 1.12 bits per heavy atom. The molecule has 4 nitrogen and oxygen atoms in total. The normalized spacial score (nSPS) is 12.0. The molecule has 1 aliphatic rings. The molecule has 0 unspecified atom stereocenters. The van der Waals surface area contributed by atoms with Crippen LogP contribution in [0.15, 0.2) is 42.5 Å². The van der Waals surface area contributed by atoms with Crippen molar-refractivity contribution in [3.63, 3.8) is 0 Å². The Balaban J connectivity index is 1.49. The van der Waals surface area contributed by atoms with Crippen LogP contribution in [0.4, 0.5) is 0 Å². The number of thiophene rings is 2. The van der Waals surface area contributed by atoms with Crippen molar-refractivity contribution < 1.29 is 19.1 Å². The van der Waals surface area contributed by atoms with Crippen molar-refractivity contribution in [2.75, 3.05) is 6.61 Å². The Bertz CT molecular complexity index is 967. The summed E-state index contributed by atoms with van der Waals surface area (Å²) >= 11 is 2.78. The van der Waals surface area contributed by atoms with Crippen LogP contribution in [0.5, 0.6) is 5.75 Å². The van der Waals surface area contributed by atoms with Crippen LogP contribution in [0, 0.1) is 6.92 Å². The minimum atomic E-state index is -0.474. The van der Waals surface area contributed by atoms with E-state index in [1.165, 1.54) is 22.7 Å². The van der Waals surface area contributed by atoms with Gasteiger partial charge in [-0.3, -0.25) is 4.79 Å². The number of aryl methyl sites for hydroxylation is 1. The maximum absolute atomic E-state index is 12.3. The monoisotopic (exact) mass is 370 g/mol. The van der Waals surface area contributed by atoms with Gasteiger partial charge in [-0.1, -0.05) is 12.1 Å². The minimum Gasteiger partial charge on any atom is -0.488 e. The Kier molecular flexibility index (Phi) is 4.15. The molecule has 1 aliphatic heterocycles. The van der Waals surface area contributed by atoms with E-state index < -0.39 is 5.97 Å². The number of Topliss-reactive ketones (excluding diaryl/α,β-unsaturated/α-hetero) is 1. The molecule has 0 fully saturated rings. The number of carbonyl (C=O) groups excluding carboxylic acids is 2. The van der Waals surface area contributed by atoms with E-state index in [-0.39, 0.29) is 12.4 Å². The van der Waals surface area contributed by atoms with E-state index >= 15 is 0 Å². The summed E-state index contributed by atoms with van der Waals surface area (Å²) in [4.78, 5) is 27.6. The molecule has 1 aromatic carbocycles. The van der Waals surface area contributed by atoms with Crippen molar-refractivity contribution in [1.29, 1.82) is 0 Å². The first-order valence-electron chi connectivity index (χ1n) is 7.73. The lowest BCUT2D eigenvalue weighted by Gasteiger charge is -2.16. The van der Waals surface area contributed by atoms with Gasteiger partial charge in [0.1, 0.15) is 17.2 Å². The molecule has 0 saturated carbocycles. The van der Waals surface area contributed by atoms with Crippen LogP contribution in [0.2, 0.25) is 0 Å². The average Bonchev–Trinajstić information content (AvgIpc) is 3.25. The number of ether oxygens (including phenoxy) is 2. The first-order chi connectivity index (χ1) is 12.1. The van der Waals surface area contributed by atoms with Gasteiger partial charge in [-0.05, 0) is 37.3 Å². The number of rotatable bonds is 4. The Morgan fingerprint density at radius 2 is 1.96 bits per heavy atom. The number of carbonyl (C=O) groups is 2. The number of para-hydroxylation sites is 1. The minimum absolute atomic E-state index is 0.179. The van der Waals surface area contributed by atoms with Gasteiger partial charge in [0.15, 0.2) is 6.61 Å². The van der Waals surface area contributed by atoms with E-state index in [1.54, 1.807) is 12.1 Å². The van der Waals surface area contributed by atoms with Gasteiger partial charge in [0, 0.05) is 20.9 Å². The second kappa shape index (κ2) is 6.46. The van der Waals surface area contributed by atoms with Crippen LogP contribution in [-0.4, -0.2) is 18.4 Å². The fourth-order valence-electron chi connectivity index (χ4n) is 2.66. The predicted octanol–water partition coefficient (Wildman–Crippen LogP) is 4.72. The van der Waals surface area contributed by atoms with Crippen LogP contribution in [0.25, 0.3) is 10.4 Å². The summed E-state index contributed by atoms with van der Waals surface area (Å²) in [5.74, 6) is 0.167. The van der Waals surface area contributed by atoms with Crippen molar-refractivity contribution in [3.05, 3.63) is 62.7 Å². The fraction of sp³-hybridized carbons (Fsp3) is 0.158. The first kappa shape index (κ1) is 16.1. The van der Waals surface area contributed by atoms with Crippen LogP contribution < -0.4 is 4.74 Å². The standard InChI is InChI=1S/C19H14O4S2/c1-11-6-7-16(24-11)14(20)10-23-19(21)17-8-12-9-22-15-5-3-2-4-13(15)18(12)25-17/h2-8H,9-10H2,1H3. The highest BCUT2D eigenvalue weighted by atomic mass is 32.1. The number of hydrogen-bond acceptors (Lipinski definition) is 6. The molecule has 3 heterocycles. The van der Waals surface area contributed by atoms with Gasteiger partial charge in [-0.25, -0.2) is 4.79 Å². The molecule has 4 rings (SSSR count).